The predicted octanol–water partition coefficient (Wildman–Crippen LogP) is 1.20. The molecule has 0 spiro atoms. The number of aromatic nitrogens is 1. The number of rotatable bonds is 5. The Morgan fingerprint density at radius 3 is 2.76 bits per heavy atom. The monoisotopic (exact) mass is 236 g/mol. The minimum absolute atomic E-state index is 0.00583. The summed E-state index contributed by atoms with van der Waals surface area (Å²) in [6.07, 6.45) is 3.76. The summed E-state index contributed by atoms with van der Waals surface area (Å²) in [5.41, 5.74) is 0.158. The Labute approximate surface area is 99.6 Å². The van der Waals surface area contributed by atoms with E-state index in [9.17, 15) is 9.59 Å². The Hall–Kier alpha value is -1.78. The van der Waals surface area contributed by atoms with Gasteiger partial charge in [-0.05, 0) is 31.9 Å². The van der Waals surface area contributed by atoms with Crippen LogP contribution in [0.3, 0.4) is 0 Å². The van der Waals surface area contributed by atoms with Crippen LogP contribution in [0.2, 0.25) is 0 Å². The van der Waals surface area contributed by atoms with Crippen molar-refractivity contribution >= 4 is 11.9 Å². The minimum Gasteiger partial charge on any atom is -0.477 e. The molecular weight excluding hydrogens is 220 g/mol. The highest BCUT2D eigenvalue weighted by Crippen LogP contribution is 2.26. The fraction of sp³-hybridized carbons (Fsp3) is 0.500. The number of carboxylic acids is 1. The lowest BCUT2D eigenvalue weighted by molar-refractivity contribution is -0.132. The Kier molecular flexibility index (Phi) is 3.17. The van der Waals surface area contributed by atoms with Crippen molar-refractivity contribution in [3.63, 3.8) is 0 Å². The normalized spacial score (nSPS) is 14.6. The van der Waals surface area contributed by atoms with Crippen LogP contribution >= 0.6 is 0 Å². The standard InChI is InChI=1S/C12H16N2O3/c1-2-14(9-5-6-9)11(15)8-13-7-3-4-10(13)12(16)17/h3-4,7,9H,2,5-6,8H2,1H3,(H,16,17). The number of carbonyl (C=O) groups excluding carboxylic acids is 1. The van der Waals surface area contributed by atoms with E-state index >= 15 is 0 Å². The molecule has 5 nitrogen and oxygen atoms in total. The summed E-state index contributed by atoms with van der Waals surface area (Å²) in [5.74, 6) is -1.01. The lowest BCUT2D eigenvalue weighted by Crippen LogP contribution is -2.35. The van der Waals surface area contributed by atoms with Gasteiger partial charge in [0.05, 0.1) is 0 Å². The molecule has 0 radical (unpaired) electrons. The molecule has 1 saturated carbocycles. The van der Waals surface area contributed by atoms with Crippen molar-refractivity contribution in [2.45, 2.75) is 32.4 Å². The molecule has 1 fully saturated rings. The zero-order valence-electron chi connectivity index (χ0n) is 9.80. The molecule has 2 rings (SSSR count). The number of aromatic carboxylic acids is 1. The first-order chi connectivity index (χ1) is 8.13. The van der Waals surface area contributed by atoms with E-state index in [0.717, 1.165) is 12.8 Å². The van der Waals surface area contributed by atoms with Gasteiger partial charge in [-0.2, -0.15) is 0 Å². The van der Waals surface area contributed by atoms with E-state index in [4.69, 9.17) is 5.11 Å². The molecule has 1 aliphatic rings. The summed E-state index contributed by atoms with van der Waals surface area (Å²) >= 11 is 0. The molecule has 1 aromatic heterocycles. The van der Waals surface area contributed by atoms with Gasteiger partial charge < -0.3 is 14.6 Å². The van der Waals surface area contributed by atoms with E-state index in [-0.39, 0.29) is 18.1 Å². The molecule has 17 heavy (non-hydrogen) atoms. The van der Waals surface area contributed by atoms with Gasteiger partial charge in [0.25, 0.3) is 0 Å². The fourth-order valence-electron chi connectivity index (χ4n) is 2.01. The highest BCUT2D eigenvalue weighted by molar-refractivity contribution is 5.87. The van der Waals surface area contributed by atoms with Crippen molar-refractivity contribution < 1.29 is 14.7 Å². The first-order valence-electron chi connectivity index (χ1n) is 5.81. The van der Waals surface area contributed by atoms with Gasteiger partial charge in [0.1, 0.15) is 12.2 Å². The van der Waals surface area contributed by atoms with E-state index < -0.39 is 5.97 Å². The van der Waals surface area contributed by atoms with Crippen LogP contribution in [0.25, 0.3) is 0 Å². The van der Waals surface area contributed by atoms with Gasteiger partial charge >= 0.3 is 5.97 Å². The molecule has 92 valence electrons. The summed E-state index contributed by atoms with van der Waals surface area (Å²) in [7, 11) is 0. The van der Waals surface area contributed by atoms with E-state index in [1.54, 1.807) is 12.3 Å². The van der Waals surface area contributed by atoms with Crippen molar-refractivity contribution in [3.8, 4) is 0 Å². The molecular formula is C12H16N2O3. The van der Waals surface area contributed by atoms with Crippen molar-refractivity contribution in [1.29, 1.82) is 0 Å². The van der Waals surface area contributed by atoms with Crippen molar-refractivity contribution in [2.75, 3.05) is 6.54 Å². The second kappa shape index (κ2) is 4.61. The fourth-order valence-corrected chi connectivity index (χ4v) is 2.01. The van der Waals surface area contributed by atoms with Crippen molar-refractivity contribution in [2.24, 2.45) is 0 Å². The zero-order valence-corrected chi connectivity index (χ0v) is 9.80. The first-order valence-corrected chi connectivity index (χ1v) is 5.81. The Bertz CT molecular complexity index is 435. The number of likely N-dealkylation sites (N-methyl/N-ethyl adjacent to an activating group) is 1. The second-order valence-electron chi connectivity index (χ2n) is 4.24. The van der Waals surface area contributed by atoms with Crippen molar-refractivity contribution in [3.05, 3.63) is 24.0 Å². The largest absolute Gasteiger partial charge is 0.477 e. The number of nitrogens with zero attached hydrogens (tertiary/aromatic N) is 2. The third-order valence-corrected chi connectivity index (χ3v) is 3.00. The van der Waals surface area contributed by atoms with Crippen LogP contribution in [0.4, 0.5) is 0 Å². The minimum atomic E-state index is -1.00. The Morgan fingerprint density at radius 1 is 1.53 bits per heavy atom. The van der Waals surface area contributed by atoms with Gasteiger partial charge in [-0.15, -0.1) is 0 Å². The predicted molar refractivity (Wildman–Crippen MR) is 61.8 cm³/mol. The quantitative estimate of drug-likeness (QED) is 0.835. The van der Waals surface area contributed by atoms with Crippen molar-refractivity contribution in [1.82, 2.24) is 9.47 Å². The smallest absolute Gasteiger partial charge is 0.352 e. The van der Waals surface area contributed by atoms with E-state index in [2.05, 4.69) is 0 Å². The van der Waals surface area contributed by atoms with E-state index in [0.29, 0.717) is 12.6 Å². The lowest BCUT2D eigenvalue weighted by atomic mass is 10.4. The van der Waals surface area contributed by atoms with Crippen LogP contribution < -0.4 is 0 Å². The van der Waals surface area contributed by atoms with Crippen LogP contribution in [0.5, 0.6) is 0 Å². The summed E-state index contributed by atoms with van der Waals surface area (Å²) in [5, 5.41) is 8.94. The van der Waals surface area contributed by atoms with Crippen LogP contribution in [0, 0.1) is 0 Å². The molecule has 1 aromatic rings. The van der Waals surface area contributed by atoms with Gasteiger partial charge in [0, 0.05) is 18.8 Å². The van der Waals surface area contributed by atoms with Gasteiger partial charge in [-0.25, -0.2) is 4.79 Å². The van der Waals surface area contributed by atoms with Gasteiger partial charge in [0.2, 0.25) is 5.91 Å². The highest BCUT2D eigenvalue weighted by atomic mass is 16.4. The maximum absolute atomic E-state index is 12.0. The summed E-state index contributed by atoms with van der Waals surface area (Å²) in [4.78, 5) is 24.7. The molecule has 0 aromatic carbocycles. The molecule has 0 saturated heterocycles. The highest BCUT2D eigenvalue weighted by Gasteiger charge is 2.31. The van der Waals surface area contributed by atoms with Crippen LogP contribution in [-0.2, 0) is 11.3 Å². The van der Waals surface area contributed by atoms with Crippen LogP contribution in [0.15, 0.2) is 18.3 Å². The molecule has 0 bridgehead atoms. The number of amides is 1. The number of carbonyl (C=O) groups is 2. The van der Waals surface area contributed by atoms with Gasteiger partial charge in [-0.1, -0.05) is 0 Å². The lowest BCUT2D eigenvalue weighted by Gasteiger charge is -2.20. The Morgan fingerprint density at radius 2 is 2.24 bits per heavy atom. The molecule has 1 amide bonds. The molecule has 5 heteroatoms. The third-order valence-electron chi connectivity index (χ3n) is 3.00. The topological polar surface area (TPSA) is 62.5 Å². The average molecular weight is 236 g/mol. The molecule has 0 aliphatic heterocycles. The Balaban J connectivity index is 2.06. The van der Waals surface area contributed by atoms with Gasteiger partial charge in [0.15, 0.2) is 0 Å². The van der Waals surface area contributed by atoms with E-state index in [1.807, 2.05) is 11.8 Å². The average Bonchev–Trinajstić information content (AvgIpc) is 2.98. The molecule has 1 N–H and O–H groups in total. The number of hydrogen-bond donors (Lipinski definition) is 1. The molecule has 1 heterocycles. The molecule has 0 atom stereocenters. The van der Waals surface area contributed by atoms with Crippen LogP contribution in [0.1, 0.15) is 30.3 Å². The summed E-state index contributed by atoms with van der Waals surface area (Å²) < 4.78 is 1.48. The first kappa shape index (κ1) is 11.7. The molecule has 0 unspecified atom stereocenters. The molecule has 1 aliphatic carbocycles. The van der Waals surface area contributed by atoms with Gasteiger partial charge in [-0.3, -0.25) is 4.79 Å². The SMILES string of the molecule is CCN(C(=O)Cn1cccc1C(=O)O)C1CC1. The maximum Gasteiger partial charge on any atom is 0.352 e. The van der Waals surface area contributed by atoms with Crippen LogP contribution in [-0.4, -0.2) is 39.0 Å². The maximum atomic E-state index is 12.0. The summed E-state index contributed by atoms with van der Waals surface area (Å²) in [6.45, 7) is 2.75. The number of hydrogen-bond acceptors (Lipinski definition) is 2. The van der Waals surface area contributed by atoms with E-state index in [1.165, 1.54) is 10.6 Å². The third kappa shape index (κ3) is 2.49. The zero-order chi connectivity index (χ0) is 12.4. The second-order valence-corrected chi connectivity index (χ2v) is 4.24. The number of carboxylic acid groups (broad SMARTS) is 1. The summed E-state index contributed by atoms with van der Waals surface area (Å²) in [6, 6.07) is 3.52.